The zero-order valence-electron chi connectivity index (χ0n) is 11.1. The van der Waals surface area contributed by atoms with Crippen LogP contribution >= 0.6 is 0 Å². The number of nitrogens with zero attached hydrogens (tertiary/aromatic N) is 2. The van der Waals surface area contributed by atoms with Crippen LogP contribution < -0.4 is 5.32 Å². The first-order valence-corrected chi connectivity index (χ1v) is 6.28. The molecule has 4 nitrogen and oxygen atoms in total. The molecule has 0 saturated carbocycles. The Labute approximate surface area is 107 Å². The van der Waals surface area contributed by atoms with Gasteiger partial charge in [0.15, 0.2) is 5.82 Å². The van der Waals surface area contributed by atoms with Gasteiger partial charge in [0, 0.05) is 6.42 Å². The van der Waals surface area contributed by atoms with Crippen LogP contribution in [0.25, 0.3) is 0 Å². The molecule has 0 radical (unpaired) electrons. The molecule has 4 heteroatoms. The summed E-state index contributed by atoms with van der Waals surface area (Å²) in [5, 5.41) is 7.19. The molecule has 0 aliphatic carbocycles. The molecule has 0 bridgehead atoms. The van der Waals surface area contributed by atoms with Crippen LogP contribution in [0.15, 0.2) is 28.8 Å². The maximum Gasteiger partial charge on any atom is 0.243 e. The standard InChI is InChI=1S/C14H19N3O/c1-4-12(15-3)14-16-13(17-18-14)9-11-7-5-6-10(2)8-11/h5-8,12,15H,4,9H2,1-3H3. The third kappa shape index (κ3) is 2.96. The largest absolute Gasteiger partial charge is 0.338 e. The highest BCUT2D eigenvalue weighted by molar-refractivity contribution is 5.24. The maximum absolute atomic E-state index is 5.29. The van der Waals surface area contributed by atoms with Crippen molar-refractivity contribution in [2.45, 2.75) is 32.7 Å². The van der Waals surface area contributed by atoms with E-state index in [1.54, 1.807) is 0 Å². The Kier molecular flexibility index (Phi) is 4.10. The Hall–Kier alpha value is -1.68. The first kappa shape index (κ1) is 12.8. The van der Waals surface area contributed by atoms with Crippen LogP contribution in [0.4, 0.5) is 0 Å². The fraction of sp³-hybridized carbons (Fsp3) is 0.429. The number of nitrogens with one attached hydrogen (secondary N) is 1. The van der Waals surface area contributed by atoms with Gasteiger partial charge in [-0.25, -0.2) is 0 Å². The van der Waals surface area contributed by atoms with Gasteiger partial charge >= 0.3 is 0 Å². The van der Waals surface area contributed by atoms with Crippen molar-refractivity contribution in [1.29, 1.82) is 0 Å². The van der Waals surface area contributed by atoms with E-state index in [2.05, 4.69) is 47.5 Å². The molecule has 0 spiro atoms. The van der Waals surface area contributed by atoms with E-state index >= 15 is 0 Å². The van der Waals surface area contributed by atoms with Crippen LogP contribution in [0.2, 0.25) is 0 Å². The van der Waals surface area contributed by atoms with Gasteiger partial charge in [0.1, 0.15) is 0 Å². The summed E-state index contributed by atoms with van der Waals surface area (Å²) >= 11 is 0. The van der Waals surface area contributed by atoms with E-state index in [1.165, 1.54) is 11.1 Å². The summed E-state index contributed by atoms with van der Waals surface area (Å²) < 4.78 is 5.29. The fourth-order valence-electron chi connectivity index (χ4n) is 1.99. The molecule has 96 valence electrons. The van der Waals surface area contributed by atoms with Crippen molar-refractivity contribution < 1.29 is 4.52 Å². The minimum Gasteiger partial charge on any atom is -0.338 e. The molecule has 1 aromatic heterocycles. The van der Waals surface area contributed by atoms with E-state index in [4.69, 9.17) is 4.52 Å². The second-order valence-corrected chi connectivity index (χ2v) is 4.46. The van der Waals surface area contributed by atoms with Crippen molar-refractivity contribution in [2.24, 2.45) is 0 Å². The van der Waals surface area contributed by atoms with E-state index in [0.29, 0.717) is 12.3 Å². The smallest absolute Gasteiger partial charge is 0.243 e. The van der Waals surface area contributed by atoms with E-state index in [1.807, 2.05) is 13.1 Å². The molecule has 0 amide bonds. The van der Waals surface area contributed by atoms with Crippen LogP contribution in [0, 0.1) is 6.92 Å². The summed E-state index contributed by atoms with van der Waals surface area (Å²) in [5.74, 6) is 1.41. The van der Waals surface area contributed by atoms with Gasteiger partial charge in [0.05, 0.1) is 6.04 Å². The molecule has 18 heavy (non-hydrogen) atoms. The number of rotatable bonds is 5. The van der Waals surface area contributed by atoms with Crippen LogP contribution in [0.5, 0.6) is 0 Å². The molecule has 1 heterocycles. The topological polar surface area (TPSA) is 51.0 Å². The summed E-state index contributed by atoms with van der Waals surface area (Å²) in [6.45, 7) is 4.17. The lowest BCUT2D eigenvalue weighted by atomic mass is 10.1. The van der Waals surface area contributed by atoms with Gasteiger partial charge in [0.2, 0.25) is 5.89 Å². The summed E-state index contributed by atoms with van der Waals surface area (Å²) in [4.78, 5) is 4.44. The Balaban J connectivity index is 2.11. The molecule has 2 rings (SSSR count). The highest BCUT2D eigenvalue weighted by Crippen LogP contribution is 2.15. The number of benzene rings is 1. The lowest BCUT2D eigenvalue weighted by Gasteiger charge is -2.06. The van der Waals surface area contributed by atoms with Gasteiger partial charge in [-0.05, 0) is 26.0 Å². The summed E-state index contributed by atoms with van der Waals surface area (Å²) in [6.07, 6.45) is 1.65. The monoisotopic (exact) mass is 245 g/mol. The minimum absolute atomic E-state index is 0.142. The Morgan fingerprint density at radius 3 is 2.89 bits per heavy atom. The van der Waals surface area contributed by atoms with Crippen LogP contribution in [0.3, 0.4) is 0 Å². The van der Waals surface area contributed by atoms with E-state index < -0.39 is 0 Å². The van der Waals surface area contributed by atoms with Crippen molar-refractivity contribution in [2.75, 3.05) is 7.05 Å². The third-order valence-electron chi connectivity index (χ3n) is 2.98. The molecule has 1 unspecified atom stereocenters. The Bertz CT molecular complexity index is 503. The zero-order chi connectivity index (χ0) is 13.0. The van der Waals surface area contributed by atoms with Gasteiger partial charge in [-0.2, -0.15) is 4.98 Å². The molecule has 2 aromatic rings. The van der Waals surface area contributed by atoms with Gasteiger partial charge < -0.3 is 9.84 Å². The van der Waals surface area contributed by atoms with Crippen molar-refractivity contribution >= 4 is 0 Å². The molecule has 1 atom stereocenters. The minimum atomic E-state index is 0.142. The van der Waals surface area contributed by atoms with Crippen LogP contribution in [-0.4, -0.2) is 17.2 Å². The van der Waals surface area contributed by atoms with E-state index in [0.717, 1.165) is 12.2 Å². The summed E-state index contributed by atoms with van der Waals surface area (Å²) in [6, 6.07) is 8.50. The average molecular weight is 245 g/mol. The fourth-order valence-corrected chi connectivity index (χ4v) is 1.99. The van der Waals surface area contributed by atoms with Crippen molar-refractivity contribution in [3.05, 3.63) is 47.1 Å². The van der Waals surface area contributed by atoms with E-state index in [-0.39, 0.29) is 6.04 Å². The van der Waals surface area contributed by atoms with Crippen molar-refractivity contribution in [3.63, 3.8) is 0 Å². The van der Waals surface area contributed by atoms with Crippen molar-refractivity contribution in [3.8, 4) is 0 Å². The number of aromatic nitrogens is 2. The lowest BCUT2D eigenvalue weighted by molar-refractivity contribution is 0.331. The Morgan fingerprint density at radius 1 is 1.39 bits per heavy atom. The summed E-state index contributed by atoms with van der Waals surface area (Å²) in [7, 11) is 1.90. The number of hydrogen-bond acceptors (Lipinski definition) is 4. The van der Waals surface area contributed by atoms with Gasteiger partial charge in [0.25, 0.3) is 0 Å². The maximum atomic E-state index is 5.29. The Morgan fingerprint density at radius 2 is 2.22 bits per heavy atom. The van der Waals surface area contributed by atoms with Gasteiger partial charge in [-0.15, -0.1) is 0 Å². The highest BCUT2D eigenvalue weighted by atomic mass is 16.5. The normalized spacial score (nSPS) is 12.6. The highest BCUT2D eigenvalue weighted by Gasteiger charge is 2.15. The molecule has 0 aliphatic rings. The first-order chi connectivity index (χ1) is 8.72. The predicted octanol–water partition coefficient (Wildman–Crippen LogP) is 2.64. The molecule has 0 saturated heterocycles. The quantitative estimate of drug-likeness (QED) is 0.879. The summed E-state index contributed by atoms with van der Waals surface area (Å²) in [5.41, 5.74) is 2.46. The molecule has 1 N–H and O–H groups in total. The SMILES string of the molecule is CCC(NC)c1nc(Cc2cccc(C)c2)no1. The number of aryl methyl sites for hydroxylation is 1. The molecular weight excluding hydrogens is 226 g/mol. The second kappa shape index (κ2) is 5.78. The first-order valence-electron chi connectivity index (χ1n) is 6.28. The van der Waals surface area contributed by atoms with Gasteiger partial charge in [-0.3, -0.25) is 0 Å². The molecule has 1 aromatic carbocycles. The molecular formula is C14H19N3O. The third-order valence-corrected chi connectivity index (χ3v) is 2.98. The van der Waals surface area contributed by atoms with Gasteiger partial charge in [-0.1, -0.05) is 41.9 Å². The van der Waals surface area contributed by atoms with Crippen LogP contribution in [0.1, 0.15) is 42.2 Å². The lowest BCUT2D eigenvalue weighted by Crippen LogP contribution is -2.15. The molecule has 0 aliphatic heterocycles. The zero-order valence-corrected chi connectivity index (χ0v) is 11.1. The van der Waals surface area contributed by atoms with Crippen molar-refractivity contribution in [1.82, 2.24) is 15.5 Å². The van der Waals surface area contributed by atoms with E-state index in [9.17, 15) is 0 Å². The molecule has 0 fully saturated rings. The van der Waals surface area contributed by atoms with Crippen LogP contribution in [-0.2, 0) is 6.42 Å². The average Bonchev–Trinajstić information content (AvgIpc) is 2.79. The second-order valence-electron chi connectivity index (χ2n) is 4.46. The number of hydrogen-bond donors (Lipinski definition) is 1. The predicted molar refractivity (Wildman–Crippen MR) is 70.4 cm³/mol.